The van der Waals surface area contributed by atoms with Gasteiger partial charge in [0.25, 0.3) is 11.8 Å². The maximum absolute atomic E-state index is 13.4. The lowest BCUT2D eigenvalue weighted by molar-refractivity contribution is -0.137. The number of carbonyl (C=O) groups is 2. The van der Waals surface area contributed by atoms with Crippen LogP contribution in [-0.2, 0) is 16.1 Å². The molecular formula is C23H17Cl2N3O3. The van der Waals surface area contributed by atoms with Gasteiger partial charge >= 0.3 is 0 Å². The molecule has 4 rings (SSSR count). The minimum absolute atomic E-state index is 0.0807. The lowest BCUT2D eigenvalue weighted by atomic mass is 10.0. The van der Waals surface area contributed by atoms with Crippen molar-refractivity contribution in [2.75, 3.05) is 12.4 Å². The SMILES string of the molecule is COc1ccccc1NC1=C(c2ccc(Cl)cc2Cl)C(=O)N(Cc2cccnc2)C1=O. The number of benzene rings is 2. The van der Waals surface area contributed by atoms with Gasteiger partial charge in [0.05, 0.1) is 29.9 Å². The average molecular weight is 454 g/mol. The first kappa shape index (κ1) is 20.9. The molecule has 0 unspecified atom stereocenters. The second kappa shape index (κ2) is 8.79. The molecule has 0 bridgehead atoms. The molecule has 3 aromatic rings. The summed E-state index contributed by atoms with van der Waals surface area (Å²) >= 11 is 12.4. The van der Waals surface area contributed by atoms with Crippen LogP contribution in [0.4, 0.5) is 5.69 Å². The van der Waals surface area contributed by atoms with Gasteiger partial charge in [-0.1, -0.05) is 47.5 Å². The molecule has 0 saturated heterocycles. The first-order valence-corrected chi connectivity index (χ1v) is 10.1. The van der Waals surface area contributed by atoms with Crippen molar-refractivity contribution in [3.8, 4) is 5.75 Å². The van der Waals surface area contributed by atoms with Crippen molar-refractivity contribution in [2.24, 2.45) is 0 Å². The van der Waals surface area contributed by atoms with Crippen LogP contribution in [0.15, 0.2) is 72.7 Å². The van der Waals surface area contributed by atoms with Gasteiger partial charge in [0.2, 0.25) is 0 Å². The van der Waals surface area contributed by atoms with Crippen molar-refractivity contribution in [1.29, 1.82) is 0 Å². The number of ether oxygens (including phenoxy) is 1. The van der Waals surface area contributed by atoms with Crippen LogP contribution in [0.1, 0.15) is 11.1 Å². The lowest BCUT2D eigenvalue weighted by Crippen LogP contribution is -2.32. The summed E-state index contributed by atoms with van der Waals surface area (Å²) in [6.45, 7) is 0.0807. The van der Waals surface area contributed by atoms with E-state index in [-0.39, 0.29) is 22.8 Å². The summed E-state index contributed by atoms with van der Waals surface area (Å²) in [6, 6.07) is 15.5. The van der Waals surface area contributed by atoms with Crippen LogP contribution in [-0.4, -0.2) is 28.8 Å². The molecule has 1 N–H and O–H groups in total. The molecule has 31 heavy (non-hydrogen) atoms. The fourth-order valence-corrected chi connectivity index (χ4v) is 3.84. The number of aromatic nitrogens is 1. The van der Waals surface area contributed by atoms with Crippen molar-refractivity contribution in [1.82, 2.24) is 9.88 Å². The van der Waals surface area contributed by atoms with E-state index in [4.69, 9.17) is 27.9 Å². The first-order chi connectivity index (χ1) is 15.0. The van der Waals surface area contributed by atoms with Crippen LogP contribution in [0.3, 0.4) is 0 Å². The molecule has 1 aliphatic rings. The molecule has 6 nitrogen and oxygen atoms in total. The van der Waals surface area contributed by atoms with Gasteiger partial charge in [-0.2, -0.15) is 0 Å². The van der Waals surface area contributed by atoms with Gasteiger partial charge in [-0.15, -0.1) is 0 Å². The van der Waals surface area contributed by atoms with Gasteiger partial charge < -0.3 is 10.1 Å². The highest BCUT2D eigenvalue weighted by atomic mass is 35.5. The summed E-state index contributed by atoms with van der Waals surface area (Å²) in [5.74, 6) is -0.404. The number of imide groups is 1. The quantitative estimate of drug-likeness (QED) is 0.543. The highest BCUT2D eigenvalue weighted by Gasteiger charge is 2.40. The zero-order chi connectivity index (χ0) is 22.0. The number of pyridine rings is 1. The molecular weight excluding hydrogens is 437 g/mol. The second-order valence-electron chi connectivity index (χ2n) is 6.76. The molecule has 156 valence electrons. The Hall–Kier alpha value is -3.35. The number of rotatable bonds is 6. The molecule has 0 spiro atoms. The first-order valence-electron chi connectivity index (χ1n) is 9.34. The minimum atomic E-state index is -0.472. The van der Waals surface area contributed by atoms with Gasteiger partial charge in [0, 0.05) is 23.0 Å². The topological polar surface area (TPSA) is 71.5 Å². The maximum atomic E-state index is 13.4. The molecule has 0 atom stereocenters. The standard InChI is InChI=1S/C23H17Cl2N3O3/c1-31-19-7-3-2-6-18(19)27-21-20(16-9-8-15(24)11-17(16)25)22(29)28(23(21)30)13-14-5-4-10-26-12-14/h2-12,27H,13H2,1H3. The van der Waals surface area contributed by atoms with Crippen molar-refractivity contribution < 1.29 is 14.3 Å². The molecule has 0 radical (unpaired) electrons. The number of hydrogen-bond donors (Lipinski definition) is 1. The van der Waals surface area contributed by atoms with Crippen LogP contribution in [0, 0.1) is 0 Å². The normalized spacial score (nSPS) is 13.7. The Morgan fingerprint density at radius 1 is 1.03 bits per heavy atom. The average Bonchev–Trinajstić information content (AvgIpc) is 2.99. The van der Waals surface area contributed by atoms with E-state index in [0.717, 1.165) is 10.5 Å². The number of carbonyl (C=O) groups excluding carboxylic acids is 2. The van der Waals surface area contributed by atoms with E-state index >= 15 is 0 Å². The fourth-order valence-electron chi connectivity index (χ4n) is 3.33. The van der Waals surface area contributed by atoms with Crippen molar-refractivity contribution in [3.63, 3.8) is 0 Å². The molecule has 0 saturated carbocycles. The van der Waals surface area contributed by atoms with Gasteiger partial charge in [0.15, 0.2) is 0 Å². The molecule has 1 aliphatic heterocycles. The number of halogens is 2. The summed E-state index contributed by atoms with van der Waals surface area (Å²) in [5.41, 5.74) is 1.97. The fraction of sp³-hybridized carbons (Fsp3) is 0.0870. The number of hydrogen-bond acceptors (Lipinski definition) is 5. The number of amides is 2. The van der Waals surface area contributed by atoms with E-state index in [9.17, 15) is 9.59 Å². The third-order valence-electron chi connectivity index (χ3n) is 4.80. The molecule has 0 fully saturated rings. The van der Waals surface area contributed by atoms with Gasteiger partial charge in [0.1, 0.15) is 11.4 Å². The zero-order valence-corrected chi connectivity index (χ0v) is 17.9. The third-order valence-corrected chi connectivity index (χ3v) is 5.35. The van der Waals surface area contributed by atoms with Crippen molar-refractivity contribution in [3.05, 3.63) is 93.9 Å². The largest absolute Gasteiger partial charge is 0.495 e. The summed E-state index contributed by atoms with van der Waals surface area (Å²) in [6.07, 6.45) is 3.24. The Kier molecular flexibility index (Phi) is 5.93. The minimum Gasteiger partial charge on any atom is -0.495 e. The van der Waals surface area contributed by atoms with E-state index in [1.54, 1.807) is 54.9 Å². The Bertz CT molecular complexity index is 1200. The van der Waals surface area contributed by atoms with Crippen LogP contribution in [0.2, 0.25) is 10.0 Å². The molecule has 2 amide bonds. The summed E-state index contributed by atoms with van der Waals surface area (Å²) in [4.78, 5) is 31.9. The zero-order valence-electron chi connectivity index (χ0n) is 16.4. The predicted octanol–water partition coefficient (Wildman–Crippen LogP) is 4.79. The Labute approximate surface area is 189 Å². The van der Waals surface area contributed by atoms with E-state index in [1.165, 1.54) is 13.2 Å². The smallest absolute Gasteiger partial charge is 0.278 e. The Morgan fingerprint density at radius 2 is 1.84 bits per heavy atom. The lowest BCUT2D eigenvalue weighted by Gasteiger charge is -2.15. The highest BCUT2D eigenvalue weighted by Crippen LogP contribution is 2.37. The van der Waals surface area contributed by atoms with E-state index in [0.29, 0.717) is 22.0 Å². The van der Waals surface area contributed by atoms with Gasteiger partial charge in [-0.3, -0.25) is 19.5 Å². The highest BCUT2D eigenvalue weighted by molar-refractivity contribution is 6.41. The molecule has 1 aromatic heterocycles. The summed E-state index contributed by atoms with van der Waals surface area (Å²) < 4.78 is 5.37. The van der Waals surface area contributed by atoms with E-state index in [2.05, 4.69) is 10.3 Å². The predicted molar refractivity (Wildman–Crippen MR) is 120 cm³/mol. The van der Waals surface area contributed by atoms with Crippen molar-refractivity contribution >= 4 is 46.3 Å². The molecule has 8 heteroatoms. The Balaban J connectivity index is 1.80. The molecule has 2 heterocycles. The third kappa shape index (κ3) is 4.13. The number of para-hydroxylation sites is 2. The van der Waals surface area contributed by atoms with Crippen LogP contribution >= 0.6 is 23.2 Å². The summed E-state index contributed by atoms with van der Waals surface area (Å²) in [7, 11) is 1.53. The van der Waals surface area contributed by atoms with Crippen LogP contribution in [0.25, 0.3) is 5.57 Å². The molecule has 0 aliphatic carbocycles. The maximum Gasteiger partial charge on any atom is 0.278 e. The molecule has 2 aromatic carbocycles. The Morgan fingerprint density at radius 3 is 2.55 bits per heavy atom. The van der Waals surface area contributed by atoms with Gasteiger partial charge in [-0.05, 0) is 35.9 Å². The van der Waals surface area contributed by atoms with E-state index in [1.807, 2.05) is 6.07 Å². The summed E-state index contributed by atoms with van der Waals surface area (Å²) in [5, 5.41) is 3.78. The van der Waals surface area contributed by atoms with Gasteiger partial charge in [-0.25, -0.2) is 0 Å². The number of anilines is 1. The monoisotopic (exact) mass is 453 g/mol. The number of nitrogens with one attached hydrogen (secondary N) is 1. The second-order valence-corrected chi connectivity index (χ2v) is 7.60. The van der Waals surface area contributed by atoms with Crippen molar-refractivity contribution in [2.45, 2.75) is 6.54 Å². The number of nitrogens with zero attached hydrogens (tertiary/aromatic N) is 2. The number of methoxy groups -OCH3 is 1. The van der Waals surface area contributed by atoms with Crippen LogP contribution < -0.4 is 10.1 Å². The van der Waals surface area contributed by atoms with E-state index < -0.39 is 11.8 Å². The van der Waals surface area contributed by atoms with Crippen LogP contribution in [0.5, 0.6) is 5.75 Å².